The summed E-state index contributed by atoms with van der Waals surface area (Å²) in [5.74, 6) is 0.876. The van der Waals surface area contributed by atoms with Crippen LogP contribution in [0.15, 0.2) is 36.7 Å². The number of anilines is 1. The number of nitrogens with one attached hydrogen (secondary N) is 1. The molecule has 0 aliphatic carbocycles. The van der Waals surface area contributed by atoms with E-state index >= 15 is 0 Å². The first-order valence-electron chi connectivity index (χ1n) is 8.30. The van der Waals surface area contributed by atoms with Crippen LogP contribution >= 0.6 is 0 Å². The number of amides is 1. The lowest BCUT2D eigenvalue weighted by atomic mass is 10.2. The van der Waals surface area contributed by atoms with Gasteiger partial charge in [-0.3, -0.25) is 4.98 Å². The second kappa shape index (κ2) is 6.96. The van der Waals surface area contributed by atoms with Gasteiger partial charge < -0.3 is 20.1 Å². The highest BCUT2D eigenvalue weighted by Crippen LogP contribution is 2.24. The number of carbonyl (C=O) groups is 1. The van der Waals surface area contributed by atoms with Crippen molar-refractivity contribution in [3.05, 3.63) is 42.4 Å². The molecule has 0 aromatic carbocycles. The van der Waals surface area contributed by atoms with Gasteiger partial charge in [-0.1, -0.05) is 0 Å². The zero-order valence-electron chi connectivity index (χ0n) is 14.0. The fourth-order valence-electron chi connectivity index (χ4n) is 2.95. The second-order valence-electron chi connectivity index (χ2n) is 5.90. The van der Waals surface area contributed by atoms with E-state index in [2.05, 4.69) is 20.2 Å². The van der Waals surface area contributed by atoms with Gasteiger partial charge in [0.15, 0.2) is 5.65 Å². The number of pyridine rings is 1. The lowest BCUT2D eigenvalue weighted by molar-refractivity contribution is 0.122. The highest BCUT2D eigenvalue weighted by molar-refractivity contribution is 5.66. The molecule has 4 rings (SSSR count). The molecule has 0 atom stereocenters. The third-order valence-corrected chi connectivity index (χ3v) is 4.19. The first-order chi connectivity index (χ1) is 12.7. The Morgan fingerprint density at radius 1 is 1.23 bits per heavy atom. The molecule has 9 nitrogen and oxygen atoms in total. The molecule has 1 fully saturated rings. The molecule has 3 aromatic rings. The van der Waals surface area contributed by atoms with Crippen molar-refractivity contribution in [3.63, 3.8) is 0 Å². The maximum atomic E-state index is 10.8. The van der Waals surface area contributed by atoms with E-state index in [1.54, 1.807) is 16.9 Å². The number of fused-ring (bicyclic) bond motifs is 1. The molecule has 0 unspecified atom stereocenters. The summed E-state index contributed by atoms with van der Waals surface area (Å²) in [6.45, 7) is 2.92. The lowest BCUT2D eigenvalue weighted by Crippen LogP contribution is -2.37. The van der Waals surface area contributed by atoms with Gasteiger partial charge in [0.1, 0.15) is 5.82 Å². The van der Waals surface area contributed by atoms with Crippen LogP contribution in [0.25, 0.3) is 16.9 Å². The summed E-state index contributed by atoms with van der Waals surface area (Å²) in [6, 6.07) is 7.55. The molecule has 1 saturated heterocycles. The quantitative estimate of drug-likeness (QED) is 0.729. The molecule has 4 heterocycles. The minimum Gasteiger partial charge on any atom is -0.465 e. The Hall–Kier alpha value is -3.20. The number of carboxylic acid groups (broad SMARTS) is 1. The van der Waals surface area contributed by atoms with Crippen LogP contribution in [0.1, 0.15) is 5.69 Å². The monoisotopic (exact) mass is 354 g/mol. The Bertz CT molecular complexity index is 921. The molecule has 0 spiro atoms. The predicted molar refractivity (Wildman–Crippen MR) is 94.1 cm³/mol. The van der Waals surface area contributed by atoms with E-state index in [1.165, 1.54) is 0 Å². The lowest BCUT2D eigenvalue weighted by Gasteiger charge is -2.29. The topological polar surface area (TPSA) is 105 Å². The van der Waals surface area contributed by atoms with Crippen molar-refractivity contribution in [2.75, 3.05) is 31.2 Å². The zero-order valence-corrected chi connectivity index (χ0v) is 14.0. The molecule has 2 N–H and O–H groups in total. The molecule has 1 aliphatic heterocycles. The fourth-order valence-corrected chi connectivity index (χ4v) is 2.95. The van der Waals surface area contributed by atoms with Crippen molar-refractivity contribution in [1.82, 2.24) is 24.9 Å². The number of rotatable bonds is 4. The fraction of sp³-hybridized carbons (Fsp3) is 0.294. The van der Waals surface area contributed by atoms with E-state index in [0.29, 0.717) is 24.6 Å². The number of aromatic nitrogens is 4. The van der Waals surface area contributed by atoms with Crippen molar-refractivity contribution in [3.8, 4) is 11.3 Å². The highest BCUT2D eigenvalue weighted by atomic mass is 16.5. The Balaban J connectivity index is 1.79. The van der Waals surface area contributed by atoms with Gasteiger partial charge in [0, 0.05) is 43.2 Å². The number of hydrogen-bond acceptors (Lipinski definition) is 6. The van der Waals surface area contributed by atoms with Crippen molar-refractivity contribution >= 4 is 17.6 Å². The van der Waals surface area contributed by atoms with Crippen LogP contribution in [-0.2, 0) is 11.3 Å². The first-order valence-corrected chi connectivity index (χ1v) is 8.30. The minimum atomic E-state index is -1.08. The summed E-state index contributed by atoms with van der Waals surface area (Å²) < 4.78 is 7.23. The molecular formula is C17H18N6O3. The summed E-state index contributed by atoms with van der Waals surface area (Å²) in [5.41, 5.74) is 3.05. The smallest absolute Gasteiger partial charge is 0.404 e. The molecule has 0 saturated carbocycles. The molecule has 0 bridgehead atoms. The predicted octanol–water partition coefficient (Wildman–Crippen LogP) is 1.40. The van der Waals surface area contributed by atoms with Crippen molar-refractivity contribution in [2.45, 2.75) is 6.54 Å². The molecular weight excluding hydrogens is 336 g/mol. The van der Waals surface area contributed by atoms with E-state index in [0.717, 1.165) is 30.2 Å². The Morgan fingerprint density at radius 2 is 2.00 bits per heavy atom. The standard InChI is InChI=1S/C17H18N6O3/c24-17(25)19-11-13-9-16(22-5-7-26-8-6-22)23-15(20-13)10-14(21-23)12-1-3-18-4-2-12/h1-4,9-10,19H,5-8,11H2,(H,24,25). The highest BCUT2D eigenvalue weighted by Gasteiger charge is 2.18. The first kappa shape index (κ1) is 16.3. The van der Waals surface area contributed by atoms with E-state index in [9.17, 15) is 4.79 Å². The van der Waals surface area contributed by atoms with Crippen LogP contribution in [-0.4, -0.2) is 57.1 Å². The van der Waals surface area contributed by atoms with E-state index in [-0.39, 0.29) is 6.54 Å². The SMILES string of the molecule is O=C(O)NCc1cc(N2CCOCC2)n2nc(-c3ccncc3)cc2n1. The van der Waals surface area contributed by atoms with Gasteiger partial charge in [-0.05, 0) is 12.1 Å². The zero-order chi connectivity index (χ0) is 17.9. The number of ether oxygens (including phenoxy) is 1. The summed E-state index contributed by atoms with van der Waals surface area (Å²) in [4.78, 5) is 21.6. The largest absolute Gasteiger partial charge is 0.465 e. The van der Waals surface area contributed by atoms with Crippen molar-refractivity contribution < 1.29 is 14.6 Å². The number of hydrogen-bond donors (Lipinski definition) is 2. The Morgan fingerprint density at radius 3 is 2.73 bits per heavy atom. The molecule has 1 amide bonds. The van der Waals surface area contributed by atoms with Crippen LogP contribution < -0.4 is 10.2 Å². The average molecular weight is 354 g/mol. The normalized spacial score (nSPS) is 14.5. The molecule has 0 radical (unpaired) electrons. The number of nitrogens with zero attached hydrogens (tertiary/aromatic N) is 5. The van der Waals surface area contributed by atoms with Crippen molar-refractivity contribution in [2.24, 2.45) is 0 Å². The van der Waals surface area contributed by atoms with Crippen LogP contribution in [0.5, 0.6) is 0 Å². The molecule has 1 aliphatic rings. The van der Waals surface area contributed by atoms with Gasteiger partial charge in [0.25, 0.3) is 0 Å². The van der Waals surface area contributed by atoms with E-state index in [1.807, 2.05) is 24.3 Å². The second-order valence-corrected chi connectivity index (χ2v) is 5.90. The van der Waals surface area contributed by atoms with Gasteiger partial charge >= 0.3 is 6.09 Å². The molecule has 134 valence electrons. The summed E-state index contributed by atoms with van der Waals surface area (Å²) in [6.07, 6.45) is 2.36. The van der Waals surface area contributed by atoms with Crippen LogP contribution in [0.3, 0.4) is 0 Å². The maximum absolute atomic E-state index is 10.8. The maximum Gasteiger partial charge on any atom is 0.404 e. The van der Waals surface area contributed by atoms with Crippen LogP contribution in [0.4, 0.5) is 10.6 Å². The Labute approximate surface area is 149 Å². The average Bonchev–Trinajstić information content (AvgIpc) is 3.11. The van der Waals surface area contributed by atoms with Gasteiger partial charge in [-0.15, -0.1) is 0 Å². The van der Waals surface area contributed by atoms with Gasteiger partial charge in [0.2, 0.25) is 0 Å². The molecule has 3 aromatic heterocycles. The minimum absolute atomic E-state index is 0.138. The molecule has 26 heavy (non-hydrogen) atoms. The third kappa shape index (κ3) is 3.29. The number of morpholine rings is 1. The third-order valence-electron chi connectivity index (χ3n) is 4.19. The summed E-state index contributed by atoms with van der Waals surface area (Å²) in [5, 5.41) is 15.9. The van der Waals surface area contributed by atoms with E-state index < -0.39 is 6.09 Å². The molecule has 9 heteroatoms. The van der Waals surface area contributed by atoms with Crippen molar-refractivity contribution in [1.29, 1.82) is 0 Å². The summed E-state index contributed by atoms with van der Waals surface area (Å²) in [7, 11) is 0. The van der Waals surface area contributed by atoms with Gasteiger partial charge in [0.05, 0.1) is 31.1 Å². The van der Waals surface area contributed by atoms with Crippen LogP contribution in [0.2, 0.25) is 0 Å². The van der Waals surface area contributed by atoms with E-state index in [4.69, 9.17) is 14.9 Å². The van der Waals surface area contributed by atoms with Gasteiger partial charge in [-0.2, -0.15) is 9.61 Å². The summed E-state index contributed by atoms with van der Waals surface area (Å²) >= 11 is 0. The Kier molecular flexibility index (Phi) is 4.36. The van der Waals surface area contributed by atoms with Crippen LogP contribution in [0, 0.1) is 0 Å². The van der Waals surface area contributed by atoms with Gasteiger partial charge in [-0.25, -0.2) is 9.78 Å².